The number of benzene rings is 3. The van der Waals surface area contributed by atoms with Gasteiger partial charge in [0.2, 0.25) is 0 Å². The standard InChI is InChI=1S/C31H29NO2/c1-3-32(4-2)25-16-14-23-18-19-31(34-29(23)20-25)21-27-26-13-9-8-10-22(26)15-17-28(27)33-30(31)24-11-6-5-7-12-24/h5-21,28,30H,3-4H2,1-2H3. The molecule has 3 unspecified atom stereocenters. The fraction of sp³-hybridized carbons (Fsp3) is 0.226. The van der Waals surface area contributed by atoms with Crippen LogP contribution in [-0.2, 0) is 4.74 Å². The van der Waals surface area contributed by atoms with Crippen molar-refractivity contribution in [3.8, 4) is 5.75 Å². The lowest BCUT2D eigenvalue weighted by Crippen LogP contribution is -2.46. The van der Waals surface area contributed by atoms with Gasteiger partial charge in [0, 0.05) is 30.4 Å². The van der Waals surface area contributed by atoms with Gasteiger partial charge in [0.25, 0.3) is 0 Å². The zero-order valence-electron chi connectivity index (χ0n) is 19.6. The van der Waals surface area contributed by atoms with Crippen LogP contribution in [0.1, 0.15) is 42.2 Å². The Kier molecular flexibility index (Phi) is 5.15. The molecule has 0 saturated heterocycles. The number of hydrogen-bond donors (Lipinski definition) is 0. The zero-order valence-corrected chi connectivity index (χ0v) is 19.6. The van der Waals surface area contributed by atoms with Crippen molar-refractivity contribution >= 4 is 23.4 Å². The van der Waals surface area contributed by atoms with Crippen LogP contribution in [0.15, 0.2) is 91.0 Å². The van der Waals surface area contributed by atoms with Gasteiger partial charge in [-0.3, -0.25) is 0 Å². The Morgan fingerprint density at radius 2 is 1.65 bits per heavy atom. The monoisotopic (exact) mass is 447 g/mol. The first-order chi connectivity index (χ1) is 16.7. The highest BCUT2D eigenvalue weighted by Gasteiger charge is 2.47. The molecule has 3 atom stereocenters. The Hall–Kier alpha value is -3.56. The summed E-state index contributed by atoms with van der Waals surface area (Å²) in [5.41, 5.74) is 6.24. The number of hydrogen-bond acceptors (Lipinski definition) is 3. The molecule has 2 heterocycles. The van der Waals surface area contributed by atoms with Crippen molar-refractivity contribution < 1.29 is 9.47 Å². The molecule has 3 aromatic carbocycles. The van der Waals surface area contributed by atoms with Gasteiger partial charge in [-0.15, -0.1) is 0 Å². The smallest absolute Gasteiger partial charge is 0.176 e. The van der Waals surface area contributed by atoms with E-state index in [9.17, 15) is 0 Å². The summed E-state index contributed by atoms with van der Waals surface area (Å²) in [4.78, 5) is 2.34. The van der Waals surface area contributed by atoms with Gasteiger partial charge in [-0.2, -0.15) is 0 Å². The predicted octanol–water partition coefficient (Wildman–Crippen LogP) is 6.93. The summed E-state index contributed by atoms with van der Waals surface area (Å²) >= 11 is 0. The van der Waals surface area contributed by atoms with Gasteiger partial charge >= 0.3 is 0 Å². The van der Waals surface area contributed by atoms with Gasteiger partial charge in [0.05, 0.1) is 0 Å². The van der Waals surface area contributed by atoms with E-state index in [1.807, 2.05) is 6.07 Å². The third kappa shape index (κ3) is 3.39. The van der Waals surface area contributed by atoms with Crippen molar-refractivity contribution in [2.75, 3.05) is 18.0 Å². The van der Waals surface area contributed by atoms with Gasteiger partial charge in [0.1, 0.15) is 18.0 Å². The van der Waals surface area contributed by atoms with Crippen LogP contribution < -0.4 is 9.64 Å². The average molecular weight is 448 g/mol. The van der Waals surface area contributed by atoms with Crippen LogP contribution in [0, 0.1) is 0 Å². The van der Waals surface area contributed by atoms with E-state index >= 15 is 0 Å². The highest BCUT2D eigenvalue weighted by Crippen LogP contribution is 2.49. The molecule has 0 saturated carbocycles. The largest absolute Gasteiger partial charge is 0.475 e. The summed E-state index contributed by atoms with van der Waals surface area (Å²) in [5.74, 6) is 0.895. The minimum Gasteiger partial charge on any atom is -0.475 e. The number of anilines is 1. The van der Waals surface area contributed by atoms with Crippen LogP contribution in [0.5, 0.6) is 5.75 Å². The molecule has 3 heteroatoms. The van der Waals surface area contributed by atoms with Gasteiger partial charge in [-0.25, -0.2) is 0 Å². The number of ether oxygens (including phenoxy) is 2. The molecule has 170 valence electrons. The second-order valence-electron chi connectivity index (χ2n) is 9.08. The third-order valence-electron chi connectivity index (χ3n) is 7.14. The highest BCUT2D eigenvalue weighted by atomic mass is 16.6. The summed E-state index contributed by atoms with van der Waals surface area (Å²) in [6.45, 7) is 6.29. The van der Waals surface area contributed by atoms with Crippen LogP contribution in [0.3, 0.4) is 0 Å². The first-order valence-corrected chi connectivity index (χ1v) is 12.2. The molecular formula is C31H29NO2. The molecule has 6 rings (SSSR count). The second-order valence-corrected chi connectivity index (χ2v) is 9.08. The first-order valence-electron chi connectivity index (χ1n) is 12.2. The maximum atomic E-state index is 6.93. The van der Waals surface area contributed by atoms with Gasteiger partial charge < -0.3 is 14.4 Å². The molecule has 1 spiro atoms. The number of fused-ring (bicyclic) bond motifs is 4. The predicted molar refractivity (Wildman–Crippen MR) is 140 cm³/mol. The second kappa shape index (κ2) is 8.34. The van der Waals surface area contributed by atoms with Crippen molar-refractivity contribution in [3.05, 3.63) is 113 Å². The Morgan fingerprint density at radius 1 is 0.853 bits per heavy atom. The van der Waals surface area contributed by atoms with Crippen LogP contribution in [0.2, 0.25) is 0 Å². The van der Waals surface area contributed by atoms with E-state index < -0.39 is 5.60 Å². The van der Waals surface area contributed by atoms with Crippen LogP contribution >= 0.6 is 0 Å². The lowest BCUT2D eigenvalue weighted by atomic mass is 9.79. The molecular weight excluding hydrogens is 418 g/mol. The Balaban J connectivity index is 1.50. The first kappa shape index (κ1) is 21.0. The van der Waals surface area contributed by atoms with E-state index in [1.165, 1.54) is 22.4 Å². The van der Waals surface area contributed by atoms with Gasteiger partial charge in [-0.05, 0) is 60.4 Å². The summed E-state index contributed by atoms with van der Waals surface area (Å²) in [5, 5.41) is 0. The molecule has 0 bridgehead atoms. The van der Waals surface area contributed by atoms with Crippen LogP contribution in [0.4, 0.5) is 5.69 Å². The minimum atomic E-state index is -0.736. The Bertz CT molecular complexity index is 1300. The lowest BCUT2D eigenvalue weighted by molar-refractivity contribution is -0.0640. The van der Waals surface area contributed by atoms with Crippen LogP contribution in [0.25, 0.3) is 17.7 Å². The maximum Gasteiger partial charge on any atom is 0.176 e. The molecule has 34 heavy (non-hydrogen) atoms. The molecule has 2 aliphatic heterocycles. The lowest BCUT2D eigenvalue weighted by Gasteiger charge is -2.45. The van der Waals surface area contributed by atoms with Crippen molar-refractivity contribution in [1.29, 1.82) is 0 Å². The van der Waals surface area contributed by atoms with E-state index in [2.05, 4.69) is 116 Å². The highest BCUT2D eigenvalue weighted by molar-refractivity contribution is 5.84. The summed E-state index contributed by atoms with van der Waals surface area (Å²) in [6, 6.07) is 25.5. The van der Waals surface area contributed by atoms with Crippen LogP contribution in [-0.4, -0.2) is 24.8 Å². The quantitative estimate of drug-likeness (QED) is 0.433. The maximum absolute atomic E-state index is 6.93. The summed E-state index contributed by atoms with van der Waals surface area (Å²) in [6.07, 6.45) is 10.6. The van der Waals surface area contributed by atoms with Crippen molar-refractivity contribution in [3.63, 3.8) is 0 Å². The molecule has 0 fully saturated rings. The fourth-order valence-electron chi connectivity index (χ4n) is 5.37. The SMILES string of the molecule is CCN(CC)c1ccc2c(c1)OC1(C=C2)C=C2c3ccccc3C=CC2OC1c1ccccc1. The van der Waals surface area contributed by atoms with Gasteiger partial charge in [-0.1, -0.05) is 72.8 Å². The van der Waals surface area contributed by atoms with E-state index in [0.29, 0.717) is 0 Å². The Morgan fingerprint density at radius 3 is 2.47 bits per heavy atom. The molecule has 0 amide bonds. The molecule has 1 aliphatic carbocycles. The zero-order chi connectivity index (χ0) is 23.1. The molecule has 3 nitrogen and oxygen atoms in total. The summed E-state index contributed by atoms with van der Waals surface area (Å²) in [7, 11) is 0. The normalized spacial score (nSPS) is 24.0. The van der Waals surface area contributed by atoms with E-state index in [0.717, 1.165) is 30.0 Å². The summed E-state index contributed by atoms with van der Waals surface area (Å²) < 4.78 is 13.8. The van der Waals surface area contributed by atoms with Crippen molar-refractivity contribution in [2.24, 2.45) is 0 Å². The molecule has 0 N–H and O–H groups in total. The molecule has 3 aromatic rings. The fourth-order valence-corrected chi connectivity index (χ4v) is 5.37. The van der Waals surface area contributed by atoms with Crippen molar-refractivity contribution in [2.45, 2.75) is 31.7 Å². The number of nitrogens with zero attached hydrogens (tertiary/aromatic N) is 1. The molecule has 3 aliphatic rings. The number of rotatable bonds is 4. The average Bonchev–Trinajstić information content (AvgIpc) is 2.89. The molecule has 0 aromatic heterocycles. The molecule has 0 radical (unpaired) electrons. The third-order valence-corrected chi connectivity index (χ3v) is 7.14. The van der Waals surface area contributed by atoms with Crippen molar-refractivity contribution in [1.82, 2.24) is 0 Å². The Labute approximate surface area is 201 Å². The van der Waals surface area contributed by atoms with E-state index in [4.69, 9.17) is 9.47 Å². The minimum absolute atomic E-state index is 0.105. The van der Waals surface area contributed by atoms with E-state index in [1.54, 1.807) is 0 Å². The topological polar surface area (TPSA) is 21.7 Å². The van der Waals surface area contributed by atoms with E-state index in [-0.39, 0.29) is 12.2 Å². The van der Waals surface area contributed by atoms with Gasteiger partial charge in [0.15, 0.2) is 5.60 Å².